The van der Waals surface area contributed by atoms with Crippen LogP contribution in [0.2, 0.25) is 0 Å². The van der Waals surface area contributed by atoms with Crippen molar-refractivity contribution >= 4 is 11.6 Å². The van der Waals surface area contributed by atoms with Crippen molar-refractivity contribution in [3.63, 3.8) is 0 Å². The molecule has 0 saturated carbocycles. The van der Waals surface area contributed by atoms with E-state index < -0.39 is 0 Å². The number of nitrogens with zero attached hydrogens (tertiary/aromatic N) is 4. The number of Topliss-reactive ketones (excluding diaryl/α,β-unsaturated/α-hetero) is 2. The molecule has 169 valence electrons. The van der Waals surface area contributed by atoms with Crippen molar-refractivity contribution in [3.05, 3.63) is 30.1 Å². The number of likely N-dealkylation sites (N-methyl/N-ethyl adjacent to an activating group) is 3. The summed E-state index contributed by atoms with van der Waals surface area (Å²) in [6.45, 7) is 12.0. The fraction of sp³-hybridized carbons (Fsp3) is 0.650. The number of ketones is 2. The molecule has 0 bridgehead atoms. The summed E-state index contributed by atoms with van der Waals surface area (Å²) in [6.07, 6.45) is 3.66. The first-order chi connectivity index (χ1) is 12.2. The Balaban J connectivity index is -0.000000162. The number of halogens is 2. The molecule has 0 spiro atoms. The van der Waals surface area contributed by atoms with Crippen molar-refractivity contribution in [3.8, 4) is 0 Å². The average Bonchev–Trinajstić information content (AvgIpc) is 2.62. The first-order valence-electron chi connectivity index (χ1n) is 9.11. The van der Waals surface area contributed by atoms with Crippen LogP contribution in [0, 0.1) is 6.92 Å². The molecule has 1 fully saturated rings. The number of aromatic nitrogens is 1. The summed E-state index contributed by atoms with van der Waals surface area (Å²) in [5.41, 5.74) is 1.26. The van der Waals surface area contributed by atoms with Gasteiger partial charge in [0.05, 0.1) is 6.42 Å². The van der Waals surface area contributed by atoms with Crippen LogP contribution in [-0.2, 0) is 29.1 Å². The summed E-state index contributed by atoms with van der Waals surface area (Å²) in [7, 11) is 6.60. The van der Waals surface area contributed by atoms with Gasteiger partial charge in [0.25, 0.3) is 0 Å². The third-order valence-electron chi connectivity index (χ3n) is 3.94. The minimum absolute atomic E-state index is 0. The molecule has 0 aromatic carbocycles. The largest absolute Gasteiger partial charge is 3.00 e. The zero-order chi connectivity index (χ0) is 19.9. The van der Waals surface area contributed by atoms with Crippen LogP contribution >= 0.6 is 0 Å². The molecule has 1 aliphatic rings. The Labute approximate surface area is 202 Å². The van der Waals surface area contributed by atoms with Gasteiger partial charge in [0, 0.05) is 51.7 Å². The number of aryl methyl sites for hydroxylation is 1. The Hall–Kier alpha value is -0.427. The van der Waals surface area contributed by atoms with E-state index in [0.717, 1.165) is 0 Å². The monoisotopic (exact) mass is 536 g/mol. The van der Waals surface area contributed by atoms with E-state index in [1.54, 1.807) is 12.4 Å². The van der Waals surface area contributed by atoms with Crippen LogP contribution in [-0.4, -0.2) is 91.7 Å². The van der Waals surface area contributed by atoms with Crippen molar-refractivity contribution in [1.82, 2.24) is 19.7 Å². The van der Waals surface area contributed by atoms with Crippen LogP contribution in [0.15, 0.2) is 24.5 Å². The number of hydrogen-bond donors (Lipinski definition) is 0. The zero-order valence-electron chi connectivity index (χ0n) is 18.5. The maximum Gasteiger partial charge on any atom is 3.00 e. The molecule has 1 aromatic heterocycles. The van der Waals surface area contributed by atoms with Gasteiger partial charge in [-0.15, -0.1) is 0 Å². The summed E-state index contributed by atoms with van der Waals surface area (Å²) in [5, 5.41) is 0. The van der Waals surface area contributed by atoms with E-state index in [-0.39, 0.29) is 62.3 Å². The van der Waals surface area contributed by atoms with Gasteiger partial charge in [0.15, 0.2) is 0 Å². The molecule has 0 unspecified atom stereocenters. The summed E-state index contributed by atoms with van der Waals surface area (Å²) in [4.78, 5) is 31.1. The van der Waals surface area contributed by atoms with Crippen molar-refractivity contribution in [2.75, 3.05) is 60.4 Å². The van der Waals surface area contributed by atoms with Crippen LogP contribution in [0.1, 0.15) is 25.8 Å². The van der Waals surface area contributed by atoms with E-state index >= 15 is 0 Å². The van der Waals surface area contributed by atoms with Crippen LogP contribution in [0.4, 0.5) is 0 Å². The molecule has 29 heavy (non-hydrogen) atoms. The third-order valence-corrected chi connectivity index (χ3v) is 3.94. The van der Waals surface area contributed by atoms with Crippen LogP contribution in [0.5, 0.6) is 0 Å². The average molecular weight is 537 g/mol. The first-order valence-corrected chi connectivity index (χ1v) is 9.11. The summed E-state index contributed by atoms with van der Waals surface area (Å²) < 4.78 is 0. The van der Waals surface area contributed by atoms with Gasteiger partial charge in [-0.05, 0) is 59.6 Å². The van der Waals surface area contributed by atoms with E-state index in [1.807, 2.05) is 19.1 Å². The van der Waals surface area contributed by atoms with Gasteiger partial charge in [-0.25, -0.2) is 0 Å². The normalized spacial score (nSPS) is 15.0. The molecule has 2 rings (SSSR count). The topological polar surface area (TPSA) is 56.8 Å². The number of carbonyl (C=O) groups excluding carboxylic acids is 2. The molecule has 1 radical (unpaired) electrons. The van der Waals surface area contributed by atoms with Crippen molar-refractivity contribution < 1.29 is 53.9 Å². The van der Waals surface area contributed by atoms with Gasteiger partial charge >= 0.3 is 19.5 Å². The van der Waals surface area contributed by atoms with Gasteiger partial charge < -0.3 is 39.5 Å². The van der Waals surface area contributed by atoms with Crippen molar-refractivity contribution in [2.24, 2.45) is 0 Å². The first kappa shape index (κ1) is 36.0. The second-order valence-corrected chi connectivity index (χ2v) is 7.02. The maximum atomic E-state index is 10.0. The molecule has 1 aromatic rings. The maximum absolute atomic E-state index is 10.0. The Morgan fingerprint density at radius 3 is 1.21 bits per heavy atom. The number of pyridine rings is 1. The molecule has 0 aliphatic carbocycles. The van der Waals surface area contributed by atoms with E-state index in [2.05, 4.69) is 40.8 Å². The van der Waals surface area contributed by atoms with Gasteiger partial charge in [-0.1, -0.05) is 0 Å². The molecule has 0 amide bonds. The smallest absolute Gasteiger partial charge is 1.00 e. The molecule has 0 N–H and O–H groups in total. The van der Waals surface area contributed by atoms with Crippen molar-refractivity contribution in [2.45, 2.75) is 27.2 Å². The Bertz CT molecular complexity index is 477. The summed E-state index contributed by atoms with van der Waals surface area (Å²) >= 11 is 0. The summed E-state index contributed by atoms with van der Waals surface area (Å²) in [5.74, 6) is -0.125. The molecule has 0 atom stereocenters. The van der Waals surface area contributed by atoms with E-state index in [9.17, 15) is 9.59 Å². The second kappa shape index (κ2) is 22.3. The molecule has 2 heterocycles. The fourth-order valence-corrected chi connectivity index (χ4v) is 2.14. The zero-order valence-corrected chi connectivity index (χ0v) is 21.7. The third kappa shape index (κ3) is 25.5. The van der Waals surface area contributed by atoms with Gasteiger partial charge in [0.2, 0.25) is 0 Å². The molecular weight excluding hydrogens is 500 g/mol. The van der Waals surface area contributed by atoms with Gasteiger partial charge in [-0.2, -0.15) is 0 Å². The van der Waals surface area contributed by atoms with Crippen LogP contribution < -0.4 is 24.8 Å². The van der Waals surface area contributed by atoms with Crippen LogP contribution in [0.25, 0.3) is 0 Å². The quantitative estimate of drug-likeness (QED) is 0.282. The number of carbonyl (C=O) groups is 2. The minimum Gasteiger partial charge on any atom is -1.00 e. The van der Waals surface area contributed by atoms with Gasteiger partial charge in [-0.3, -0.25) is 14.6 Å². The predicted octanol–water partition coefficient (Wildman–Crippen LogP) is -4.25. The summed E-state index contributed by atoms with van der Waals surface area (Å²) in [6, 6.07) is 3.94. The van der Waals surface area contributed by atoms with Gasteiger partial charge in [0.1, 0.15) is 11.6 Å². The predicted molar refractivity (Wildman–Crippen MR) is 107 cm³/mol. The molecule has 1 saturated heterocycles. The fourth-order valence-electron chi connectivity index (χ4n) is 2.14. The molecule has 9 heteroatoms. The number of hydrogen-bond acceptors (Lipinski definition) is 6. The molecular formula is C20H36Cl2N4O2Ru+. The Morgan fingerprint density at radius 2 is 1.07 bits per heavy atom. The second-order valence-electron chi connectivity index (χ2n) is 7.02. The van der Waals surface area contributed by atoms with Crippen LogP contribution in [0.3, 0.4) is 0 Å². The Morgan fingerprint density at radius 1 is 0.793 bits per heavy atom. The number of rotatable bonds is 2. The van der Waals surface area contributed by atoms with E-state index in [0.29, 0.717) is 0 Å². The SMILES string of the molecule is CC(=O)CC(C)=O.CN1CCN(C)CCN(C)CC1.Cc1ccncc1.[Cl-].[Cl-].[Ru+3]. The molecule has 6 nitrogen and oxygen atoms in total. The van der Waals surface area contributed by atoms with E-state index in [1.165, 1.54) is 58.7 Å². The van der Waals surface area contributed by atoms with E-state index in [4.69, 9.17) is 0 Å². The molecule has 1 aliphatic heterocycles. The minimum atomic E-state index is -0.0625. The van der Waals surface area contributed by atoms with Crippen molar-refractivity contribution in [1.29, 1.82) is 0 Å². The standard InChI is InChI=1S/C9H21N3.C6H7N.C5H8O2.2ClH.Ru/c1-10-4-6-11(2)8-9-12(3)7-5-10;1-6-2-4-7-5-3-6;1-4(6)3-5(2)7;;;/h4-9H2,1-3H3;2-5H,1H3;3H2,1-2H3;2*1H;/q;;;;;+3/p-2. The Kier molecular flexibility index (Phi) is 27.6.